The van der Waals surface area contributed by atoms with Gasteiger partial charge in [-0.05, 0) is 103 Å². The smallest absolute Gasteiger partial charge is 0.245 e. The SMILES string of the molecule is CCN(CC)C(C(=O)N1CCCC1c1ncc(-c2ccc(-c3ccc(-c4cnc([C@@H]5CCCN5C(=O)[C](C)Cc5ccc(OCc6ccccc6)cc5)[nH]4)cc3)cc2)[nH]1)c1ccccc1. The monoisotopic (exact) mass is 864 g/mol. The molecule has 2 amide bonds. The van der Waals surface area contributed by atoms with Gasteiger partial charge in [-0.1, -0.05) is 135 Å². The number of benzene rings is 5. The number of hydrogen-bond acceptors (Lipinski definition) is 6. The first-order chi connectivity index (χ1) is 31.9. The van der Waals surface area contributed by atoms with Crippen LogP contribution in [0.1, 0.15) is 92.9 Å². The van der Waals surface area contributed by atoms with E-state index in [4.69, 9.17) is 14.7 Å². The van der Waals surface area contributed by atoms with Crippen molar-refractivity contribution in [3.63, 3.8) is 0 Å². The number of H-pyrrole nitrogens is 2. The lowest BCUT2D eigenvalue weighted by atomic mass is 9.99. The van der Waals surface area contributed by atoms with Crippen molar-refractivity contribution < 1.29 is 14.3 Å². The number of aromatic nitrogens is 4. The Labute approximate surface area is 382 Å². The van der Waals surface area contributed by atoms with Gasteiger partial charge in [0.15, 0.2) is 0 Å². The number of nitrogens with one attached hydrogen (secondary N) is 2. The number of rotatable bonds is 16. The zero-order valence-electron chi connectivity index (χ0n) is 37.6. The number of ether oxygens (including phenoxy) is 1. The molecule has 10 heteroatoms. The van der Waals surface area contributed by atoms with Gasteiger partial charge < -0.3 is 24.5 Å². The Morgan fingerprint density at radius 2 is 1.15 bits per heavy atom. The van der Waals surface area contributed by atoms with Crippen LogP contribution in [-0.4, -0.2) is 72.6 Å². The molecule has 1 radical (unpaired) electrons. The quantitative estimate of drug-likeness (QED) is 0.100. The molecule has 0 spiro atoms. The van der Waals surface area contributed by atoms with Crippen LogP contribution in [0.4, 0.5) is 0 Å². The number of imidazole rings is 2. The molecule has 331 valence electrons. The molecule has 3 atom stereocenters. The standard InChI is InChI=1S/C55H58N7O3/c1-4-60(5-2)51(45-16-10-7-11-17-45)55(64)62-33-13-19-50(62)53-57-36-48(59-53)44-28-24-42(25-29-44)41-22-26-43(27-23-41)47-35-56-52(58-47)49-18-12-32-61(49)54(63)38(3)34-39-20-30-46(31-21-39)65-37-40-14-8-6-9-15-40/h6-11,14-17,20-31,35-36,49-51H,4-5,12-13,18-19,32-34,37H2,1-3H3,(H,56,58)(H,57,59)/t49-,50?,51?/m0/s1. The normalized spacial score (nSPS) is 16.7. The van der Waals surface area contributed by atoms with Gasteiger partial charge in [0.2, 0.25) is 11.8 Å². The van der Waals surface area contributed by atoms with Crippen LogP contribution in [0.15, 0.2) is 146 Å². The van der Waals surface area contributed by atoms with E-state index in [9.17, 15) is 9.59 Å². The van der Waals surface area contributed by atoms with Crippen molar-refractivity contribution in [1.29, 1.82) is 0 Å². The predicted octanol–water partition coefficient (Wildman–Crippen LogP) is 11.0. The van der Waals surface area contributed by atoms with E-state index in [2.05, 4.69) is 102 Å². The Balaban J connectivity index is 0.807. The fraction of sp³-hybridized carbons (Fsp3) is 0.291. The number of amides is 2. The Kier molecular flexibility index (Phi) is 13.3. The highest BCUT2D eigenvalue weighted by atomic mass is 16.5. The third-order valence-corrected chi connectivity index (χ3v) is 13.1. The van der Waals surface area contributed by atoms with E-state index in [0.717, 1.165) is 119 Å². The molecule has 2 aromatic heterocycles. The van der Waals surface area contributed by atoms with E-state index in [1.54, 1.807) is 0 Å². The van der Waals surface area contributed by atoms with Crippen LogP contribution in [0.25, 0.3) is 33.6 Å². The van der Waals surface area contributed by atoms with Gasteiger partial charge in [0, 0.05) is 13.1 Å². The second-order valence-corrected chi connectivity index (χ2v) is 17.3. The molecule has 0 saturated carbocycles. The first-order valence-electron chi connectivity index (χ1n) is 23.2. The summed E-state index contributed by atoms with van der Waals surface area (Å²) in [7, 11) is 0. The topological polar surface area (TPSA) is 110 Å². The Bertz CT molecular complexity index is 2640. The number of hydrogen-bond donors (Lipinski definition) is 2. The molecule has 5 aromatic carbocycles. The van der Waals surface area contributed by atoms with Crippen molar-refractivity contribution in [2.45, 2.75) is 77.6 Å². The second kappa shape index (κ2) is 19.9. The van der Waals surface area contributed by atoms with Crippen molar-refractivity contribution in [2.75, 3.05) is 26.2 Å². The molecule has 65 heavy (non-hydrogen) atoms. The first-order valence-corrected chi connectivity index (χ1v) is 23.2. The van der Waals surface area contributed by atoms with Crippen LogP contribution < -0.4 is 4.74 Å². The molecule has 2 unspecified atom stereocenters. The molecule has 0 bridgehead atoms. The van der Waals surface area contributed by atoms with Gasteiger partial charge in [-0.2, -0.15) is 0 Å². The zero-order chi connectivity index (χ0) is 44.7. The van der Waals surface area contributed by atoms with Crippen LogP contribution in [-0.2, 0) is 22.6 Å². The third-order valence-electron chi connectivity index (χ3n) is 13.1. The van der Waals surface area contributed by atoms with E-state index in [0.29, 0.717) is 19.6 Å². The summed E-state index contributed by atoms with van der Waals surface area (Å²) in [6.45, 7) is 9.73. The zero-order valence-corrected chi connectivity index (χ0v) is 37.6. The minimum Gasteiger partial charge on any atom is -0.489 e. The van der Waals surface area contributed by atoms with E-state index >= 15 is 0 Å². The van der Waals surface area contributed by atoms with Gasteiger partial charge in [0.25, 0.3) is 0 Å². The lowest BCUT2D eigenvalue weighted by Crippen LogP contribution is -2.43. The Hall–Kier alpha value is -6.78. The van der Waals surface area contributed by atoms with E-state index in [-0.39, 0.29) is 29.9 Å². The Morgan fingerprint density at radius 1 is 0.646 bits per heavy atom. The van der Waals surface area contributed by atoms with E-state index in [1.807, 2.05) is 89.8 Å². The number of carbonyl (C=O) groups excluding carboxylic acids is 2. The summed E-state index contributed by atoms with van der Waals surface area (Å²) in [4.78, 5) is 51.1. The molecular formula is C55H58N7O3. The minimum absolute atomic E-state index is 0.0776. The van der Waals surface area contributed by atoms with Crippen molar-refractivity contribution >= 4 is 11.8 Å². The number of likely N-dealkylation sites (tertiary alicyclic amines) is 2. The summed E-state index contributed by atoms with van der Waals surface area (Å²) >= 11 is 0. The average Bonchev–Trinajstić information content (AvgIpc) is 4.21. The van der Waals surface area contributed by atoms with Crippen LogP contribution in [0.5, 0.6) is 5.75 Å². The minimum atomic E-state index is -0.318. The van der Waals surface area contributed by atoms with Crippen LogP contribution >= 0.6 is 0 Å². The van der Waals surface area contributed by atoms with Crippen LogP contribution in [0.2, 0.25) is 0 Å². The summed E-state index contributed by atoms with van der Waals surface area (Å²) in [5.74, 6) is 3.50. The van der Waals surface area contributed by atoms with Gasteiger partial charge in [0.05, 0.1) is 41.8 Å². The van der Waals surface area contributed by atoms with Crippen molar-refractivity contribution in [1.82, 2.24) is 34.6 Å². The first kappa shape index (κ1) is 43.5. The molecule has 0 aliphatic carbocycles. The van der Waals surface area contributed by atoms with Crippen molar-refractivity contribution in [2.24, 2.45) is 0 Å². The lowest BCUT2D eigenvalue weighted by molar-refractivity contribution is -0.138. The van der Waals surface area contributed by atoms with E-state index < -0.39 is 0 Å². The average molecular weight is 865 g/mol. The molecule has 2 aliphatic heterocycles. The molecule has 9 rings (SSSR count). The maximum atomic E-state index is 14.3. The molecule has 2 fully saturated rings. The molecule has 4 heterocycles. The molecule has 7 aromatic rings. The lowest BCUT2D eigenvalue weighted by Gasteiger charge is -2.34. The van der Waals surface area contributed by atoms with Gasteiger partial charge >= 0.3 is 0 Å². The molecule has 2 aliphatic rings. The fourth-order valence-electron chi connectivity index (χ4n) is 9.56. The summed E-state index contributed by atoms with van der Waals surface area (Å²) < 4.78 is 5.96. The molecular weight excluding hydrogens is 807 g/mol. The number of nitrogens with zero attached hydrogens (tertiary/aromatic N) is 5. The largest absolute Gasteiger partial charge is 0.489 e. The fourth-order valence-corrected chi connectivity index (χ4v) is 9.56. The third kappa shape index (κ3) is 9.69. The van der Waals surface area contributed by atoms with Gasteiger partial charge in [-0.25, -0.2) is 9.97 Å². The van der Waals surface area contributed by atoms with Gasteiger partial charge in [-0.15, -0.1) is 0 Å². The van der Waals surface area contributed by atoms with Crippen LogP contribution in [0, 0.1) is 5.92 Å². The number of carbonyl (C=O) groups is 2. The van der Waals surface area contributed by atoms with Crippen molar-refractivity contribution in [3.8, 4) is 39.4 Å². The maximum absolute atomic E-state index is 14.3. The Morgan fingerprint density at radius 3 is 1.71 bits per heavy atom. The van der Waals surface area contributed by atoms with Crippen molar-refractivity contribution in [3.05, 3.63) is 180 Å². The van der Waals surface area contributed by atoms with E-state index in [1.165, 1.54) is 0 Å². The molecule has 2 N–H and O–H groups in total. The van der Waals surface area contributed by atoms with Gasteiger partial charge in [-0.3, -0.25) is 14.5 Å². The highest BCUT2D eigenvalue weighted by Crippen LogP contribution is 2.37. The highest BCUT2D eigenvalue weighted by molar-refractivity contribution is 5.90. The second-order valence-electron chi connectivity index (χ2n) is 17.3. The van der Waals surface area contributed by atoms with Gasteiger partial charge in [0.1, 0.15) is 30.0 Å². The summed E-state index contributed by atoms with van der Waals surface area (Å²) in [6, 6.07) is 44.8. The summed E-state index contributed by atoms with van der Waals surface area (Å²) in [5, 5.41) is 0. The van der Waals surface area contributed by atoms with Crippen LogP contribution in [0.3, 0.4) is 0 Å². The highest BCUT2D eigenvalue weighted by Gasteiger charge is 2.38. The summed E-state index contributed by atoms with van der Waals surface area (Å²) in [6.07, 6.45) is 8.00. The number of likely N-dealkylation sites (N-methyl/N-ethyl adjacent to an activating group) is 1. The molecule has 2 saturated heterocycles. The summed E-state index contributed by atoms with van der Waals surface area (Å²) in [5.41, 5.74) is 9.40. The predicted molar refractivity (Wildman–Crippen MR) is 256 cm³/mol. The number of aromatic amines is 2. The molecule has 10 nitrogen and oxygen atoms in total. The maximum Gasteiger partial charge on any atom is 0.245 e.